The molecule has 140 valence electrons. The van der Waals surface area contributed by atoms with E-state index in [2.05, 4.69) is 10.6 Å². The number of hydrogen-bond acceptors (Lipinski definition) is 3. The van der Waals surface area contributed by atoms with Gasteiger partial charge in [0, 0.05) is 43.6 Å². The fourth-order valence-corrected chi connectivity index (χ4v) is 4.74. The average Bonchev–Trinajstić information content (AvgIpc) is 3.08. The van der Waals surface area contributed by atoms with Crippen LogP contribution >= 0.6 is 0 Å². The molecule has 1 saturated carbocycles. The third kappa shape index (κ3) is 3.09. The molecule has 5 heteroatoms. The molecule has 2 fully saturated rings. The molecular weight excluding hydrogens is 328 g/mol. The van der Waals surface area contributed by atoms with Crippen LogP contribution in [0.1, 0.15) is 38.5 Å². The molecule has 2 aromatic rings. The van der Waals surface area contributed by atoms with Crippen molar-refractivity contribution < 1.29 is 14.6 Å². The highest BCUT2D eigenvalue weighted by Gasteiger charge is 2.43. The Balaban J connectivity index is 1.40. The van der Waals surface area contributed by atoms with Gasteiger partial charge in [-0.05, 0) is 37.5 Å². The zero-order chi connectivity index (χ0) is 18.1. The molecule has 1 amide bonds. The SMILES string of the molecule is COc1cccc2c1ccn2CCC(=O)N1CC[C@@]2(O)CCCC[C@@H]2C1. The Morgan fingerprint density at radius 1 is 1.31 bits per heavy atom. The molecule has 0 spiro atoms. The summed E-state index contributed by atoms with van der Waals surface area (Å²) in [7, 11) is 1.68. The van der Waals surface area contributed by atoms with E-state index in [9.17, 15) is 9.90 Å². The van der Waals surface area contributed by atoms with Crippen LogP contribution in [-0.4, -0.2) is 46.3 Å². The van der Waals surface area contributed by atoms with Crippen LogP contribution in [0.2, 0.25) is 0 Å². The van der Waals surface area contributed by atoms with Crippen molar-refractivity contribution in [3.63, 3.8) is 0 Å². The first-order chi connectivity index (χ1) is 12.6. The number of aromatic nitrogens is 1. The molecule has 1 N–H and O–H groups in total. The number of piperidine rings is 1. The number of benzene rings is 1. The maximum atomic E-state index is 12.7. The third-order valence-corrected chi connectivity index (χ3v) is 6.34. The molecule has 4 rings (SSSR count). The summed E-state index contributed by atoms with van der Waals surface area (Å²) in [5, 5.41) is 11.9. The van der Waals surface area contributed by atoms with Crippen LogP contribution in [0.15, 0.2) is 30.5 Å². The van der Waals surface area contributed by atoms with Gasteiger partial charge in [-0.25, -0.2) is 0 Å². The van der Waals surface area contributed by atoms with Gasteiger partial charge in [-0.3, -0.25) is 4.79 Å². The van der Waals surface area contributed by atoms with Gasteiger partial charge in [0.25, 0.3) is 0 Å². The summed E-state index contributed by atoms with van der Waals surface area (Å²) in [4.78, 5) is 14.7. The van der Waals surface area contributed by atoms with Crippen molar-refractivity contribution in [2.45, 2.75) is 50.7 Å². The fraction of sp³-hybridized carbons (Fsp3) is 0.571. The number of likely N-dealkylation sites (tertiary alicyclic amines) is 1. The van der Waals surface area contributed by atoms with Crippen LogP contribution in [0.3, 0.4) is 0 Å². The van der Waals surface area contributed by atoms with Gasteiger partial charge in [0.1, 0.15) is 5.75 Å². The first kappa shape index (κ1) is 17.4. The number of methoxy groups -OCH3 is 1. The Bertz CT molecular complexity index is 800. The molecule has 1 aromatic carbocycles. The standard InChI is InChI=1S/C21H28N2O3/c1-26-19-7-4-6-18-17(19)8-12-22(18)13-9-20(24)23-14-11-21(25)10-3-2-5-16(21)15-23/h4,6-8,12,16,25H,2-3,5,9-11,13-15H2,1H3/t16-,21+/m1/s1. The van der Waals surface area contributed by atoms with Crippen molar-refractivity contribution in [2.24, 2.45) is 5.92 Å². The number of nitrogens with zero attached hydrogens (tertiary/aromatic N) is 2. The first-order valence-electron chi connectivity index (χ1n) is 9.73. The number of ether oxygens (including phenoxy) is 1. The second-order valence-electron chi connectivity index (χ2n) is 7.79. The lowest BCUT2D eigenvalue weighted by atomic mass is 9.71. The van der Waals surface area contributed by atoms with E-state index in [1.165, 1.54) is 6.42 Å². The largest absolute Gasteiger partial charge is 0.496 e. The molecule has 5 nitrogen and oxygen atoms in total. The number of carbonyl (C=O) groups is 1. The average molecular weight is 356 g/mol. The van der Waals surface area contributed by atoms with Crippen molar-refractivity contribution in [1.82, 2.24) is 9.47 Å². The minimum atomic E-state index is -0.526. The Hall–Kier alpha value is -2.01. The molecule has 26 heavy (non-hydrogen) atoms. The molecule has 0 unspecified atom stereocenters. The van der Waals surface area contributed by atoms with Crippen LogP contribution in [-0.2, 0) is 11.3 Å². The minimum Gasteiger partial charge on any atom is -0.496 e. The highest BCUT2D eigenvalue weighted by molar-refractivity contribution is 5.86. The molecule has 0 bridgehead atoms. The number of hydrogen-bond donors (Lipinski definition) is 1. The smallest absolute Gasteiger partial charge is 0.224 e. The molecule has 1 aromatic heterocycles. The summed E-state index contributed by atoms with van der Waals surface area (Å²) in [6.45, 7) is 2.07. The van der Waals surface area contributed by atoms with E-state index >= 15 is 0 Å². The van der Waals surface area contributed by atoms with E-state index < -0.39 is 5.60 Å². The summed E-state index contributed by atoms with van der Waals surface area (Å²) in [6.07, 6.45) is 7.48. The van der Waals surface area contributed by atoms with Crippen LogP contribution in [0.5, 0.6) is 5.75 Å². The van der Waals surface area contributed by atoms with Gasteiger partial charge in [0.15, 0.2) is 0 Å². The third-order valence-electron chi connectivity index (χ3n) is 6.34. The molecule has 2 aliphatic rings. The maximum Gasteiger partial charge on any atom is 0.224 e. The number of amides is 1. The van der Waals surface area contributed by atoms with E-state index in [4.69, 9.17) is 4.74 Å². The van der Waals surface area contributed by atoms with E-state index in [1.54, 1.807) is 7.11 Å². The first-order valence-corrected chi connectivity index (χ1v) is 9.73. The topological polar surface area (TPSA) is 54.7 Å². The summed E-state index contributed by atoms with van der Waals surface area (Å²) >= 11 is 0. The van der Waals surface area contributed by atoms with Crippen LogP contribution in [0.25, 0.3) is 10.9 Å². The molecule has 1 aliphatic heterocycles. The number of aliphatic hydroxyl groups is 1. The monoisotopic (exact) mass is 356 g/mol. The quantitative estimate of drug-likeness (QED) is 0.915. The molecular formula is C21H28N2O3. The van der Waals surface area contributed by atoms with Crippen molar-refractivity contribution in [1.29, 1.82) is 0 Å². The highest BCUT2D eigenvalue weighted by Crippen LogP contribution is 2.39. The highest BCUT2D eigenvalue weighted by atomic mass is 16.5. The van der Waals surface area contributed by atoms with E-state index in [0.717, 1.165) is 48.9 Å². The van der Waals surface area contributed by atoms with Crippen molar-refractivity contribution >= 4 is 16.8 Å². The lowest BCUT2D eigenvalue weighted by molar-refractivity contribution is -0.143. The van der Waals surface area contributed by atoms with Crippen molar-refractivity contribution in [3.8, 4) is 5.75 Å². The summed E-state index contributed by atoms with van der Waals surface area (Å²) < 4.78 is 7.53. The van der Waals surface area contributed by atoms with Crippen molar-refractivity contribution in [2.75, 3.05) is 20.2 Å². The number of rotatable bonds is 4. The minimum absolute atomic E-state index is 0.197. The van der Waals surface area contributed by atoms with Crippen LogP contribution in [0, 0.1) is 5.92 Å². The zero-order valence-electron chi connectivity index (χ0n) is 15.5. The van der Waals surface area contributed by atoms with Gasteiger partial charge in [0.05, 0.1) is 18.2 Å². The lowest BCUT2D eigenvalue weighted by Gasteiger charge is -2.47. The number of aryl methyl sites for hydroxylation is 1. The van der Waals surface area contributed by atoms with E-state index in [1.807, 2.05) is 29.3 Å². The van der Waals surface area contributed by atoms with Crippen LogP contribution < -0.4 is 4.74 Å². The Kier molecular flexibility index (Phi) is 4.65. The van der Waals surface area contributed by atoms with Gasteiger partial charge in [-0.15, -0.1) is 0 Å². The van der Waals surface area contributed by atoms with Crippen LogP contribution in [0.4, 0.5) is 0 Å². The van der Waals surface area contributed by atoms with Gasteiger partial charge in [-0.2, -0.15) is 0 Å². The van der Waals surface area contributed by atoms with Gasteiger partial charge in [-0.1, -0.05) is 18.9 Å². The van der Waals surface area contributed by atoms with E-state index in [0.29, 0.717) is 19.5 Å². The number of fused-ring (bicyclic) bond motifs is 2. The zero-order valence-corrected chi connectivity index (χ0v) is 15.5. The second kappa shape index (κ2) is 6.95. The number of carbonyl (C=O) groups excluding carboxylic acids is 1. The molecule has 1 saturated heterocycles. The predicted molar refractivity (Wildman–Crippen MR) is 101 cm³/mol. The maximum absolute atomic E-state index is 12.7. The summed E-state index contributed by atoms with van der Waals surface area (Å²) in [5.41, 5.74) is 0.569. The normalized spacial score (nSPS) is 25.9. The fourth-order valence-electron chi connectivity index (χ4n) is 4.74. The lowest BCUT2D eigenvalue weighted by Crippen LogP contribution is -2.54. The molecule has 2 atom stereocenters. The predicted octanol–water partition coefficient (Wildman–Crippen LogP) is 3.19. The van der Waals surface area contributed by atoms with Gasteiger partial charge < -0.3 is 19.3 Å². The molecule has 1 aliphatic carbocycles. The molecule has 2 heterocycles. The van der Waals surface area contributed by atoms with Gasteiger partial charge >= 0.3 is 0 Å². The van der Waals surface area contributed by atoms with Crippen molar-refractivity contribution in [3.05, 3.63) is 30.5 Å². The molecule has 0 radical (unpaired) electrons. The Morgan fingerprint density at radius 3 is 3.04 bits per heavy atom. The van der Waals surface area contributed by atoms with E-state index in [-0.39, 0.29) is 11.8 Å². The Morgan fingerprint density at radius 2 is 2.19 bits per heavy atom. The second-order valence-corrected chi connectivity index (χ2v) is 7.79. The summed E-state index contributed by atoms with van der Waals surface area (Å²) in [6, 6.07) is 8.04. The summed E-state index contributed by atoms with van der Waals surface area (Å²) in [5.74, 6) is 1.31. The Labute approximate surface area is 154 Å². The van der Waals surface area contributed by atoms with Gasteiger partial charge in [0.2, 0.25) is 5.91 Å².